The van der Waals surface area contributed by atoms with Gasteiger partial charge in [0.15, 0.2) is 5.78 Å². The third-order valence-corrected chi connectivity index (χ3v) is 10.0. The summed E-state index contributed by atoms with van der Waals surface area (Å²) in [6.45, 7) is 12.5. The van der Waals surface area contributed by atoms with Crippen LogP contribution in [0, 0.1) is 34.0 Å². The summed E-state index contributed by atoms with van der Waals surface area (Å²) >= 11 is 0. The van der Waals surface area contributed by atoms with Gasteiger partial charge in [0.1, 0.15) is 6.10 Å². The first kappa shape index (κ1) is 23.9. The second kappa shape index (κ2) is 7.66. The van der Waals surface area contributed by atoms with E-state index in [1.165, 1.54) is 13.3 Å². The van der Waals surface area contributed by atoms with Crippen molar-refractivity contribution in [1.29, 1.82) is 0 Å². The van der Waals surface area contributed by atoms with Crippen molar-refractivity contribution >= 4 is 11.8 Å². The molecule has 0 aromatic heterocycles. The van der Waals surface area contributed by atoms with Crippen molar-refractivity contribution in [3.8, 4) is 0 Å². The summed E-state index contributed by atoms with van der Waals surface area (Å²) in [6, 6.07) is 0. The normalized spacial score (nSPS) is 48.3. The van der Waals surface area contributed by atoms with E-state index in [4.69, 9.17) is 4.74 Å². The van der Waals surface area contributed by atoms with E-state index in [1.54, 1.807) is 13.0 Å². The van der Waals surface area contributed by atoms with Gasteiger partial charge in [0.2, 0.25) is 0 Å². The van der Waals surface area contributed by atoms with E-state index in [9.17, 15) is 19.8 Å². The quantitative estimate of drug-likeness (QED) is 0.606. The molecule has 0 spiro atoms. The Morgan fingerprint density at radius 2 is 1.84 bits per heavy atom. The van der Waals surface area contributed by atoms with Crippen LogP contribution in [0.2, 0.25) is 0 Å². The van der Waals surface area contributed by atoms with E-state index in [-0.39, 0.29) is 40.5 Å². The third-order valence-electron chi connectivity index (χ3n) is 10.0. The standard InChI is InChI=1S/C27H42O5/c1-16-12-20(30)18(13-19(16)29)27(31)11-8-22-25(5,15-27)14-21(32-17(2)28)23-24(3,4)9-7-10-26(22,23)6/h12,18,20-23,30-31H,7-11,13-15H2,1-6H3/t18?,20-,21-,22?,23?,25+,26-,27-/m1/s1. The van der Waals surface area contributed by atoms with Gasteiger partial charge >= 0.3 is 5.97 Å². The molecule has 180 valence electrons. The smallest absolute Gasteiger partial charge is 0.302 e. The van der Waals surface area contributed by atoms with Crippen molar-refractivity contribution in [1.82, 2.24) is 0 Å². The SMILES string of the molecule is CC(=O)O[C@@H]1C[C@@]2(C)C[C@@](O)(C3CC(=O)C(C)=C[C@H]3O)CCC2[C@@]2(C)CCCC(C)(C)C12. The highest BCUT2D eigenvalue weighted by molar-refractivity contribution is 5.96. The maximum Gasteiger partial charge on any atom is 0.302 e. The molecular weight excluding hydrogens is 404 g/mol. The van der Waals surface area contributed by atoms with Crippen LogP contribution in [0.15, 0.2) is 11.6 Å². The van der Waals surface area contributed by atoms with E-state index in [2.05, 4.69) is 27.7 Å². The van der Waals surface area contributed by atoms with Gasteiger partial charge in [-0.2, -0.15) is 0 Å². The predicted octanol–water partition coefficient (Wildman–Crippen LogP) is 4.59. The number of carbonyl (C=O) groups excluding carboxylic acids is 2. The predicted molar refractivity (Wildman–Crippen MR) is 123 cm³/mol. The maximum atomic E-state index is 12.4. The van der Waals surface area contributed by atoms with Crippen LogP contribution < -0.4 is 0 Å². The zero-order valence-electron chi connectivity index (χ0n) is 20.7. The molecule has 4 aliphatic rings. The van der Waals surface area contributed by atoms with E-state index in [0.29, 0.717) is 30.3 Å². The van der Waals surface area contributed by atoms with Crippen LogP contribution in [0.1, 0.15) is 92.9 Å². The highest BCUT2D eigenvalue weighted by Crippen LogP contribution is 2.69. The lowest BCUT2D eigenvalue weighted by Crippen LogP contribution is -2.65. The molecule has 0 bridgehead atoms. The first-order valence-corrected chi connectivity index (χ1v) is 12.5. The molecule has 0 aromatic rings. The summed E-state index contributed by atoms with van der Waals surface area (Å²) in [7, 11) is 0. The number of hydrogen-bond donors (Lipinski definition) is 2. The van der Waals surface area contributed by atoms with Crippen LogP contribution in [-0.4, -0.2) is 39.8 Å². The minimum atomic E-state index is -1.09. The Balaban J connectivity index is 1.70. The molecular formula is C27H42O5. The highest BCUT2D eigenvalue weighted by Gasteiger charge is 2.66. The summed E-state index contributed by atoms with van der Waals surface area (Å²) in [6.07, 6.45) is 7.02. The number of hydrogen-bond acceptors (Lipinski definition) is 5. The first-order valence-electron chi connectivity index (χ1n) is 12.5. The lowest BCUT2D eigenvalue weighted by molar-refractivity contribution is -0.236. The second-order valence-corrected chi connectivity index (χ2v) is 12.8. The van der Waals surface area contributed by atoms with E-state index >= 15 is 0 Å². The fourth-order valence-corrected chi connectivity index (χ4v) is 9.11. The molecule has 0 aliphatic heterocycles. The van der Waals surface area contributed by atoms with Crippen LogP contribution in [0.4, 0.5) is 0 Å². The van der Waals surface area contributed by atoms with Gasteiger partial charge in [-0.15, -0.1) is 0 Å². The Bertz CT molecular complexity index is 830. The Hall–Kier alpha value is -1.20. The molecule has 0 radical (unpaired) electrons. The van der Waals surface area contributed by atoms with Gasteiger partial charge in [-0.25, -0.2) is 0 Å². The molecule has 3 unspecified atom stereocenters. The zero-order chi connectivity index (χ0) is 23.7. The van der Waals surface area contributed by atoms with E-state index in [0.717, 1.165) is 25.7 Å². The number of ketones is 1. The van der Waals surface area contributed by atoms with Crippen molar-refractivity contribution in [3.05, 3.63) is 11.6 Å². The molecule has 0 heterocycles. The first-order chi connectivity index (χ1) is 14.7. The number of rotatable bonds is 2. The van der Waals surface area contributed by atoms with Gasteiger partial charge in [0.05, 0.1) is 11.7 Å². The minimum absolute atomic E-state index is 0.0171. The fourth-order valence-electron chi connectivity index (χ4n) is 9.11. The number of carbonyl (C=O) groups is 2. The second-order valence-electron chi connectivity index (χ2n) is 12.8. The van der Waals surface area contributed by atoms with Gasteiger partial charge in [-0.3, -0.25) is 9.59 Å². The largest absolute Gasteiger partial charge is 0.462 e. The molecule has 3 saturated carbocycles. The Morgan fingerprint density at radius 3 is 2.50 bits per heavy atom. The number of allylic oxidation sites excluding steroid dienone is 1. The van der Waals surface area contributed by atoms with Crippen molar-refractivity contribution in [2.45, 2.75) is 111 Å². The molecule has 4 rings (SSSR count). The molecule has 5 heteroatoms. The molecule has 0 aromatic carbocycles. The fraction of sp³-hybridized carbons (Fsp3) is 0.852. The number of ether oxygens (including phenoxy) is 1. The lowest BCUT2D eigenvalue weighted by atomic mass is 9.39. The molecule has 0 amide bonds. The number of Topliss-reactive ketones (excluding diaryl/α,β-unsaturated/α-hetero) is 1. The van der Waals surface area contributed by atoms with Crippen molar-refractivity contribution in [2.75, 3.05) is 0 Å². The molecule has 5 nitrogen and oxygen atoms in total. The molecule has 32 heavy (non-hydrogen) atoms. The Morgan fingerprint density at radius 1 is 1.16 bits per heavy atom. The molecule has 3 fully saturated rings. The molecule has 8 atom stereocenters. The van der Waals surface area contributed by atoms with Crippen LogP contribution in [0.3, 0.4) is 0 Å². The van der Waals surface area contributed by atoms with Crippen LogP contribution in [0.5, 0.6) is 0 Å². The Kier molecular flexibility index (Phi) is 5.73. The van der Waals surface area contributed by atoms with Gasteiger partial charge in [0, 0.05) is 25.2 Å². The van der Waals surface area contributed by atoms with Crippen molar-refractivity contribution in [2.24, 2.45) is 34.0 Å². The average molecular weight is 447 g/mol. The van der Waals surface area contributed by atoms with Crippen LogP contribution in [0.25, 0.3) is 0 Å². The molecule has 2 N–H and O–H groups in total. The van der Waals surface area contributed by atoms with Gasteiger partial charge in [-0.1, -0.05) is 34.1 Å². The number of aliphatic hydroxyl groups excluding tert-OH is 1. The van der Waals surface area contributed by atoms with Gasteiger partial charge in [-0.05, 0) is 79.3 Å². The van der Waals surface area contributed by atoms with Gasteiger partial charge < -0.3 is 14.9 Å². The molecule has 0 saturated heterocycles. The summed E-state index contributed by atoms with van der Waals surface area (Å²) in [4.78, 5) is 24.5. The zero-order valence-corrected chi connectivity index (χ0v) is 20.7. The third kappa shape index (κ3) is 3.68. The van der Waals surface area contributed by atoms with Crippen molar-refractivity contribution in [3.63, 3.8) is 0 Å². The number of esters is 1. The van der Waals surface area contributed by atoms with E-state index in [1.807, 2.05) is 0 Å². The minimum Gasteiger partial charge on any atom is -0.462 e. The number of aliphatic hydroxyl groups is 2. The van der Waals surface area contributed by atoms with Crippen LogP contribution in [-0.2, 0) is 14.3 Å². The lowest BCUT2D eigenvalue weighted by Gasteiger charge is -2.67. The van der Waals surface area contributed by atoms with E-state index < -0.39 is 17.6 Å². The summed E-state index contributed by atoms with van der Waals surface area (Å²) in [5.41, 5.74) is -0.592. The maximum absolute atomic E-state index is 12.4. The van der Waals surface area contributed by atoms with Crippen LogP contribution >= 0.6 is 0 Å². The number of fused-ring (bicyclic) bond motifs is 3. The summed E-state index contributed by atoms with van der Waals surface area (Å²) < 4.78 is 6.01. The van der Waals surface area contributed by atoms with Crippen molar-refractivity contribution < 1.29 is 24.5 Å². The monoisotopic (exact) mass is 446 g/mol. The topological polar surface area (TPSA) is 83.8 Å². The highest BCUT2D eigenvalue weighted by atomic mass is 16.5. The average Bonchev–Trinajstić information content (AvgIpc) is 2.62. The summed E-state index contributed by atoms with van der Waals surface area (Å²) in [5, 5.41) is 22.7. The van der Waals surface area contributed by atoms with Gasteiger partial charge in [0.25, 0.3) is 0 Å². The summed E-state index contributed by atoms with van der Waals surface area (Å²) in [5.74, 6) is 0.0194. The Labute approximate surface area is 193 Å². The molecule has 4 aliphatic carbocycles.